The largest absolute Gasteiger partial charge is 0.325 e. The highest BCUT2D eigenvalue weighted by atomic mass is 28.2. The Balaban J connectivity index is 2.19. The molecule has 1 nitrogen and oxygen atoms in total. The van der Waals surface area contributed by atoms with E-state index in [2.05, 4.69) is 31.5 Å². The Hall–Kier alpha value is -0.0831. The molecule has 0 saturated heterocycles. The Morgan fingerprint density at radius 2 is 1.93 bits per heavy atom. The molecule has 2 radical (unpaired) electrons. The fraction of sp³-hybridized carbons (Fsp3) is 0.833. The van der Waals surface area contributed by atoms with Crippen LogP contribution in [0.25, 0.3) is 0 Å². The third-order valence-corrected chi connectivity index (χ3v) is 4.22. The Morgan fingerprint density at radius 3 is 2.50 bits per heavy atom. The van der Waals surface area contributed by atoms with Crippen molar-refractivity contribution in [3.63, 3.8) is 0 Å². The van der Waals surface area contributed by atoms with Crippen LogP contribution in [-0.4, -0.2) is 27.3 Å². The van der Waals surface area contributed by atoms with Crippen molar-refractivity contribution < 1.29 is 0 Å². The zero-order chi connectivity index (χ0) is 10.4. The molecule has 0 heterocycles. The van der Waals surface area contributed by atoms with Crippen molar-refractivity contribution in [1.82, 2.24) is 4.57 Å². The molecule has 0 amide bonds. The summed E-state index contributed by atoms with van der Waals surface area (Å²) in [5.74, 6) is 0. The quantitative estimate of drug-likeness (QED) is 0.507. The fourth-order valence-corrected chi connectivity index (χ4v) is 3.30. The van der Waals surface area contributed by atoms with Gasteiger partial charge in [0.1, 0.15) is 9.68 Å². The second-order valence-corrected chi connectivity index (χ2v) is 5.98. The highest BCUT2D eigenvalue weighted by Gasteiger charge is 2.17. The molecule has 1 rings (SSSR count). The minimum atomic E-state index is 0.882. The van der Waals surface area contributed by atoms with Crippen molar-refractivity contribution in [2.24, 2.45) is 0 Å². The molecule has 0 aromatic heterocycles. The van der Waals surface area contributed by atoms with Gasteiger partial charge in [0.25, 0.3) is 0 Å². The first-order valence-electron chi connectivity index (χ1n) is 5.80. The lowest BCUT2D eigenvalue weighted by Crippen LogP contribution is -2.35. The zero-order valence-corrected chi connectivity index (χ0v) is 10.8. The molecule has 0 spiro atoms. The third kappa shape index (κ3) is 4.42. The monoisotopic (exact) mass is 209 g/mol. The standard InChI is InChI=1S/C12H23NSi/c1-11(2)9-10-14-13(3)12-7-5-4-6-8-12/h9,12H,4-8,10H2,1-3H3. The zero-order valence-electron chi connectivity index (χ0n) is 9.84. The lowest BCUT2D eigenvalue weighted by Gasteiger charge is -2.30. The van der Waals surface area contributed by atoms with Crippen molar-refractivity contribution in [3.8, 4) is 0 Å². The summed E-state index contributed by atoms with van der Waals surface area (Å²) in [6.45, 7) is 4.37. The number of nitrogens with zero attached hydrogens (tertiary/aromatic N) is 1. The van der Waals surface area contributed by atoms with Gasteiger partial charge in [-0.2, -0.15) is 0 Å². The van der Waals surface area contributed by atoms with Crippen LogP contribution >= 0.6 is 0 Å². The second-order valence-electron chi connectivity index (χ2n) is 4.55. The van der Waals surface area contributed by atoms with Gasteiger partial charge in [-0.1, -0.05) is 30.9 Å². The van der Waals surface area contributed by atoms with Crippen LogP contribution in [0.2, 0.25) is 6.04 Å². The van der Waals surface area contributed by atoms with E-state index in [0.29, 0.717) is 0 Å². The molecule has 1 aliphatic rings. The molecular formula is C12H23NSi. The van der Waals surface area contributed by atoms with Crippen LogP contribution < -0.4 is 0 Å². The van der Waals surface area contributed by atoms with Crippen LogP contribution in [0, 0.1) is 0 Å². The minimum absolute atomic E-state index is 0.882. The van der Waals surface area contributed by atoms with Gasteiger partial charge in [-0.05, 0) is 39.8 Å². The molecule has 0 aliphatic heterocycles. The molecule has 0 aromatic carbocycles. The molecule has 0 N–H and O–H groups in total. The third-order valence-electron chi connectivity index (χ3n) is 2.97. The lowest BCUT2D eigenvalue weighted by molar-refractivity contribution is 0.291. The van der Waals surface area contributed by atoms with E-state index in [4.69, 9.17) is 0 Å². The van der Waals surface area contributed by atoms with Crippen molar-refractivity contribution in [1.29, 1.82) is 0 Å². The molecule has 0 atom stereocenters. The SMILES string of the molecule is CC(C)=CC[Si]N(C)C1CCCCC1. The summed E-state index contributed by atoms with van der Waals surface area (Å²) in [6.07, 6.45) is 9.57. The molecule has 1 saturated carbocycles. The van der Waals surface area contributed by atoms with E-state index >= 15 is 0 Å². The van der Waals surface area contributed by atoms with Crippen molar-refractivity contribution in [2.75, 3.05) is 7.05 Å². The first-order valence-corrected chi connectivity index (χ1v) is 6.95. The molecule has 80 valence electrons. The predicted molar refractivity (Wildman–Crippen MR) is 64.6 cm³/mol. The molecule has 2 heteroatoms. The Morgan fingerprint density at radius 1 is 1.29 bits per heavy atom. The lowest BCUT2D eigenvalue weighted by atomic mass is 9.96. The number of hydrogen-bond donors (Lipinski definition) is 0. The Bertz CT molecular complexity index is 179. The number of allylic oxidation sites excluding steroid dienone is 2. The second kappa shape index (κ2) is 6.41. The summed E-state index contributed by atoms with van der Waals surface area (Å²) >= 11 is 0. The average molecular weight is 209 g/mol. The van der Waals surface area contributed by atoms with Crippen molar-refractivity contribution >= 4 is 9.68 Å². The van der Waals surface area contributed by atoms with E-state index in [1.165, 1.54) is 43.7 Å². The fourth-order valence-electron chi connectivity index (χ4n) is 1.99. The highest BCUT2D eigenvalue weighted by Crippen LogP contribution is 2.21. The topological polar surface area (TPSA) is 3.24 Å². The molecule has 1 fully saturated rings. The highest BCUT2D eigenvalue weighted by molar-refractivity contribution is 6.32. The van der Waals surface area contributed by atoms with Crippen LogP contribution in [0.1, 0.15) is 46.0 Å². The van der Waals surface area contributed by atoms with Gasteiger partial charge in [-0.25, -0.2) is 0 Å². The van der Waals surface area contributed by atoms with E-state index in [0.717, 1.165) is 15.7 Å². The van der Waals surface area contributed by atoms with Gasteiger partial charge < -0.3 is 4.57 Å². The Kier molecular flexibility index (Phi) is 5.49. The van der Waals surface area contributed by atoms with Crippen LogP contribution in [-0.2, 0) is 0 Å². The van der Waals surface area contributed by atoms with Gasteiger partial charge in [0.05, 0.1) is 0 Å². The van der Waals surface area contributed by atoms with Crippen LogP contribution in [0.5, 0.6) is 0 Å². The maximum absolute atomic E-state index is 2.58. The first-order chi connectivity index (χ1) is 6.70. The summed E-state index contributed by atoms with van der Waals surface area (Å²) in [5.41, 5.74) is 1.45. The van der Waals surface area contributed by atoms with E-state index in [9.17, 15) is 0 Å². The van der Waals surface area contributed by atoms with E-state index in [1.54, 1.807) is 0 Å². The van der Waals surface area contributed by atoms with E-state index in [1.807, 2.05) is 0 Å². The van der Waals surface area contributed by atoms with Gasteiger partial charge in [-0.15, -0.1) is 0 Å². The van der Waals surface area contributed by atoms with Crippen LogP contribution in [0.3, 0.4) is 0 Å². The maximum Gasteiger partial charge on any atom is 0.146 e. The average Bonchev–Trinajstić information content (AvgIpc) is 2.18. The normalized spacial score (nSPS) is 18.6. The minimum Gasteiger partial charge on any atom is -0.325 e. The molecule has 0 aromatic rings. The van der Waals surface area contributed by atoms with Crippen LogP contribution in [0.15, 0.2) is 11.6 Å². The molecular weight excluding hydrogens is 186 g/mol. The predicted octanol–water partition coefficient (Wildman–Crippen LogP) is 3.25. The molecule has 0 bridgehead atoms. The molecule has 1 aliphatic carbocycles. The van der Waals surface area contributed by atoms with E-state index in [-0.39, 0.29) is 0 Å². The summed E-state index contributed by atoms with van der Waals surface area (Å²) in [4.78, 5) is 0. The van der Waals surface area contributed by atoms with Gasteiger partial charge in [0, 0.05) is 6.04 Å². The van der Waals surface area contributed by atoms with Crippen molar-refractivity contribution in [2.45, 2.75) is 58.0 Å². The van der Waals surface area contributed by atoms with E-state index < -0.39 is 0 Å². The summed E-state index contributed by atoms with van der Waals surface area (Å²) < 4.78 is 2.58. The van der Waals surface area contributed by atoms with Gasteiger partial charge >= 0.3 is 0 Å². The first kappa shape index (κ1) is 12.0. The molecule has 14 heavy (non-hydrogen) atoms. The smallest absolute Gasteiger partial charge is 0.146 e. The van der Waals surface area contributed by atoms with Crippen LogP contribution in [0.4, 0.5) is 0 Å². The summed E-state index contributed by atoms with van der Waals surface area (Å²) in [5, 5.41) is 0. The number of rotatable bonds is 4. The van der Waals surface area contributed by atoms with Gasteiger partial charge in [0.15, 0.2) is 0 Å². The van der Waals surface area contributed by atoms with Gasteiger partial charge in [0.2, 0.25) is 0 Å². The molecule has 0 unspecified atom stereocenters. The number of hydrogen-bond acceptors (Lipinski definition) is 1. The summed E-state index contributed by atoms with van der Waals surface area (Å²) in [6, 6.07) is 2.13. The Labute approximate surface area is 91.5 Å². The van der Waals surface area contributed by atoms with Crippen molar-refractivity contribution in [3.05, 3.63) is 11.6 Å². The summed E-state index contributed by atoms with van der Waals surface area (Å²) in [7, 11) is 3.29. The maximum atomic E-state index is 2.58. The van der Waals surface area contributed by atoms with Gasteiger partial charge in [-0.3, -0.25) is 0 Å².